The number of aryl methyl sites for hydroxylation is 1. The van der Waals surface area contributed by atoms with Gasteiger partial charge in [-0.15, -0.1) is 0 Å². The molecule has 1 aromatic carbocycles. The summed E-state index contributed by atoms with van der Waals surface area (Å²) in [4.78, 5) is 26.3. The molecule has 33 heavy (non-hydrogen) atoms. The Bertz CT molecular complexity index is 1320. The Kier molecular flexibility index (Phi) is 5.39. The molecule has 0 saturated carbocycles. The van der Waals surface area contributed by atoms with Crippen LogP contribution in [-0.4, -0.2) is 38.9 Å². The van der Waals surface area contributed by atoms with E-state index in [2.05, 4.69) is 20.6 Å². The van der Waals surface area contributed by atoms with Gasteiger partial charge in [0, 0.05) is 24.2 Å². The van der Waals surface area contributed by atoms with Crippen LogP contribution in [0.25, 0.3) is 16.8 Å². The van der Waals surface area contributed by atoms with Crippen molar-refractivity contribution in [1.82, 2.24) is 24.7 Å². The molecule has 1 fully saturated rings. The van der Waals surface area contributed by atoms with E-state index < -0.39 is 0 Å². The fourth-order valence-electron chi connectivity index (χ4n) is 4.19. The summed E-state index contributed by atoms with van der Waals surface area (Å²) in [5.41, 5.74) is 9.91. The molecule has 5 rings (SSSR count). The first-order valence-corrected chi connectivity index (χ1v) is 10.8. The van der Waals surface area contributed by atoms with Gasteiger partial charge in [0.25, 0.3) is 5.91 Å². The minimum Gasteiger partial charge on any atom is -0.496 e. The summed E-state index contributed by atoms with van der Waals surface area (Å²) in [6, 6.07) is 9.19. The molecule has 1 atom stereocenters. The van der Waals surface area contributed by atoms with Crippen LogP contribution in [0.4, 0.5) is 11.6 Å². The Balaban J connectivity index is 1.54. The Morgan fingerprint density at radius 3 is 2.88 bits per heavy atom. The summed E-state index contributed by atoms with van der Waals surface area (Å²) in [5.74, 6) is 1.90. The van der Waals surface area contributed by atoms with Crippen molar-refractivity contribution in [3.63, 3.8) is 0 Å². The molecule has 0 aliphatic carbocycles. The van der Waals surface area contributed by atoms with Crippen molar-refractivity contribution in [1.29, 1.82) is 0 Å². The molecule has 9 heteroatoms. The normalized spacial score (nSPS) is 15.6. The molecule has 1 amide bonds. The predicted octanol–water partition coefficient (Wildman–Crippen LogP) is 3.37. The number of hydrogen-bond acceptors (Lipinski definition) is 7. The van der Waals surface area contributed by atoms with Crippen LogP contribution < -0.4 is 21.1 Å². The van der Waals surface area contributed by atoms with Crippen molar-refractivity contribution in [2.24, 2.45) is 0 Å². The maximum atomic E-state index is 12.9. The van der Waals surface area contributed by atoms with Gasteiger partial charge in [-0.25, -0.2) is 15.0 Å². The fourth-order valence-corrected chi connectivity index (χ4v) is 4.19. The van der Waals surface area contributed by atoms with E-state index in [1.54, 1.807) is 30.6 Å². The average Bonchev–Trinajstić information content (AvgIpc) is 3.49. The molecule has 4 N–H and O–H groups in total. The number of imidazole rings is 1. The molecule has 1 aliphatic heterocycles. The third kappa shape index (κ3) is 3.87. The van der Waals surface area contributed by atoms with Gasteiger partial charge < -0.3 is 21.1 Å². The number of hydrogen-bond donors (Lipinski definition) is 3. The number of ether oxygens (including phenoxy) is 1. The van der Waals surface area contributed by atoms with Gasteiger partial charge in [0.15, 0.2) is 0 Å². The lowest BCUT2D eigenvalue weighted by Crippen LogP contribution is -2.16. The topological polar surface area (TPSA) is 119 Å². The molecule has 1 unspecified atom stereocenters. The molecule has 4 aromatic rings. The first kappa shape index (κ1) is 20.9. The van der Waals surface area contributed by atoms with Gasteiger partial charge in [-0.05, 0) is 50.1 Å². The number of carbonyl (C=O) groups is 1. The number of nitrogens with one attached hydrogen (secondary N) is 2. The van der Waals surface area contributed by atoms with Gasteiger partial charge in [-0.3, -0.25) is 9.20 Å². The highest BCUT2D eigenvalue weighted by Crippen LogP contribution is 2.34. The lowest BCUT2D eigenvalue weighted by Gasteiger charge is -2.11. The highest BCUT2D eigenvalue weighted by molar-refractivity contribution is 6.06. The van der Waals surface area contributed by atoms with Crippen LogP contribution in [0.5, 0.6) is 5.75 Å². The van der Waals surface area contributed by atoms with E-state index in [1.165, 1.54) is 7.11 Å². The largest absolute Gasteiger partial charge is 0.496 e. The molecule has 9 nitrogen and oxygen atoms in total. The van der Waals surface area contributed by atoms with E-state index in [4.69, 9.17) is 15.5 Å². The van der Waals surface area contributed by atoms with E-state index in [0.29, 0.717) is 28.6 Å². The SMILES string of the molecule is COc1cc(-c2nc(C3CCCN3)n3ccnc(N)c23)ccc1C(=O)Nc1ccc(C)cn1. The van der Waals surface area contributed by atoms with E-state index in [0.717, 1.165) is 41.9 Å². The van der Waals surface area contributed by atoms with Crippen molar-refractivity contribution in [2.45, 2.75) is 25.8 Å². The van der Waals surface area contributed by atoms with Crippen molar-refractivity contribution < 1.29 is 9.53 Å². The van der Waals surface area contributed by atoms with Crippen LogP contribution in [0.3, 0.4) is 0 Å². The van der Waals surface area contributed by atoms with Crippen LogP contribution in [-0.2, 0) is 0 Å². The molecule has 168 valence electrons. The van der Waals surface area contributed by atoms with E-state index in [1.807, 2.05) is 29.7 Å². The van der Waals surface area contributed by atoms with Crippen LogP contribution in [0, 0.1) is 6.92 Å². The smallest absolute Gasteiger partial charge is 0.260 e. The van der Waals surface area contributed by atoms with Gasteiger partial charge in [0.1, 0.15) is 34.4 Å². The number of aromatic nitrogens is 4. The van der Waals surface area contributed by atoms with E-state index >= 15 is 0 Å². The number of nitrogens with two attached hydrogens (primary N) is 1. The monoisotopic (exact) mass is 443 g/mol. The second-order valence-electron chi connectivity index (χ2n) is 8.09. The minimum atomic E-state index is -0.304. The first-order valence-electron chi connectivity index (χ1n) is 10.8. The number of benzene rings is 1. The van der Waals surface area contributed by atoms with Gasteiger partial charge >= 0.3 is 0 Å². The van der Waals surface area contributed by atoms with Gasteiger partial charge in [0.05, 0.1) is 18.7 Å². The minimum absolute atomic E-state index is 0.155. The van der Waals surface area contributed by atoms with Crippen molar-refractivity contribution in [3.05, 3.63) is 65.9 Å². The zero-order chi connectivity index (χ0) is 22.9. The van der Waals surface area contributed by atoms with Gasteiger partial charge in [-0.2, -0.15) is 0 Å². The molecule has 1 aliphatic rings. The van der Waals surface area contributed by atoms with Gasteiger partial charge in [-0.1, -0.05) is 12.1 Å². The Morgan fingerprint density at radius 1 is 1.27 bits per heavy atom. The fraction of sp³-hybridized carbons (Fsp3) is 0.250. The molecular formula is C24H25N7O2. The number of rotatable bonds is 5. The van der Waals surface area contributed by atoms with E-state index in [9.17, 15) is 4.79 Å². The molecule has 1 saturated heterocycles. The Hall–Kier alpha value is -3.98. The quantitative estimate of drug-likeness (QED) is 0.433. The zero-order valence-corrected chi connectivity index (χ0v) is 18.5. The average molecular weight is 444 g/mol. The number of anilines is 2. The highest BCUT2D eigenvalue weighted by Gasteiger charge is 2.25. The van der Waals surface area contributed by atoms with E-state index in [-0.39, 0.29) is 11.9 Å². The van der Waals surface area contributed by atoms with Crippen molar-refractivity contribution in [2.75, 3.05) is 24.7 Å². The molecule has 4 heterocycles. The summed E-state index contributed by atoms with van der Waals surface area (Å²) in [5, 5.41) is 6.31. The summed E-state index contributed by atoms with van der Waals surface area (Å²) in [7, 11) is 1.54. The molecular weight excluding hydrogens is 418 g/mol. The van der Waals surface area contributed by atoms with Crippen LogP contribution in [0.15, 0.2) is 48.9 Å². The van der Waals surface area contributed by atoms with Crippen LogP contribution in [0.2, 0.25) is 0 Å². The number of carbonyl (C=O) groups excluding carboxylic acids is 1. The lowest BCUT2D eigenvalue weighted by molar-refractivity contribution is 0.102. The number of nitrogen functional groups attached to an aromatic ring is 1. The number of nitrogens with zero attached hydrogens (tertiary/aromatic N) is 4. The third-order valence-corrected chi connectivity index (χ3v) is 5.85. The number of fused-ring (bicyclic) bond motifs is 1. The highest BCUT2D eigenvalue weighted by atomic mass is 16.5. The maximum Gasteiger partial charge on any atom is 0.260 e. The van der Waals surface area contributed by atoms with Crippen molar-refractivity contribution >= 4 is 23.1 Å². The number of amides is 1. The molecule has 3 aromatic heterocycles. The lowest BCUT2D eigenvalue weighted by atomic mass is 10.1. The number of pyridine rings is 1. The maximum absolute atomic E-state index is 12.9. The second kappa shape index (κ2) is 8.51. The van der Waals surface area contributed by atoms with Crippen molar-refractivity contribution in [3.8, 4) is 17.0 Å². The zero-order valence-electron chi connectivity index (χ0n) is 18.5. The second-order valence-corrected chi connectivity index (χ2v) is 8.09. The van der Waals surface area contributed by atoms with Crippen LogP contribution >= 0.6 is 0 Å². The van der Waals surface area contributed by atoms with Gasteiger partial charge in [0.2, 0.25) is 0 Å². The summed E-state index contributed by atoms with van der Waals surface area (Å²) >= 11 is 0. The first-order chi connectivity index (χ1) is 16.0. The Labute approximate surface area is 191 Å². The summed E-state index contributed by atoms with van der Waals surface area (Å²) < 4.78 is 7.56. The van der Waals surface area contributed by atoms with Crippen LogP contribution in [0.1, 0.15) is 40.6 Å². The standard InChI is InChI=1S/C24H25N7O2/c1-14-5-8-19(28-13-14)29-24(32)16-7-6-15(12-18(16)33-2)20-21-22(25)27-10-11-31(21)23(30-20)17-4-3-9-26-17/h5-8,10-13,17,26H,3-4,9H2,1-2H3,(H2,25,27)(H,28,29,32). The third-order valence-electron chi connectivity index (χ3n) is 5.85. The molecule has 0 spiro atoms. The summed E-state index contributed by atoms with van der Waals surface area (Å²) in [6.45, 7) is 2.90. The predicted molar refractivity (Wildman–Crippen MR) is 126 cm³/mol. The number of methoxy groups -OCH3 is 1. The summed E-state index contributed by atoms with van der Waals surface area (Å²) in [6.07, 6.45) is 7.37. The molecule has 0 bridgehead atoms. The molecule has 0 radical (unpaired) electrons. The Morgan fingerprint density at radius 2 is 2.15 bits per heavy atom.